The normalized spacial score (nSPS) is 25.5. The number of nitrogens with zero attached hydrogens (tertiary/aromatic N) is 5. The number of ether oxygens (including phenoxy) is 5. The number of esters is 1. The Morgan fingerprint density at radius 1 is 1.19 bits per heavy atom. The Hall–Kier alpha value is -3.68. The van der Waals surface area contributed by atoms with Crippen molar-refractivity contribution in [2.45, 2.75) is 62.9 Å². The van der Waals surface area contributed by atoms with Crippen LogP contribution in [0.1, 0.15) is 25.6 Å². The molecular formula is C23H27N5O9. The van der Waals surface area contributed by atoms with Crippen molar-refractivity contribution in [1.29, 1.82) is 0 Å². The Bertz CT molecular complexity index is 1320. The first-order chi connectivity index (χ1) is 17.6. The van der Waals surface area contributed by atoms with Gasteiger partial charge in [-0.15, -0.1) is 0 Å². The minimum atomic E-state index is -1.68. The third-order valence-corrected chi connectivity index (χ3v) is 6.21. The summed E-state index contributed by atoms with van der Waals surface area (Å²) in [5.41, 5.74) is 8.35. The van der Waals surface area contributed by atoms with Crippen LogP contribution in [0.15, 0.2) is 51.2 Å². The lowest BCUT2D eigenvalue weighted by Gasteiger charge is -2.28. The van der Waals surface area contributed by atoms with E-state index in [4.69, 9.17) is 24.5 Å². The highest BCUT2D eigenvalue weighted by Gasteiger charge is 2.59. The summed E-state index contributed by atoms with van der Waals surface area (Å²) in [6.45, 7) is 3.27. The molecule has 1 unspecified atom stereocenters. The molecule has 0 amide bonds. The third kappa shape index (κ3) is 5.10. The molecule has 1 N–H and O–H groups in total. The van der Waals surface area contributed by atoms with E-state index in [-0.39, 0.29) is 6.54 Å². The number of rotatable bonds is 8. The average Bonchev–Trinajstić information content (AvgIpc) is 3.37. The Morgan fingerprint density at radius 2 is 1.86 bits per heavy atom. The van der Waals surface area contributed by atoms with Gasteiger partial charge in [0.05, 0.1) is 20.8 Å². The quantitative estimate of drug-likeness (QED) is 0.228. The molecule has 1 aromatic heterocycles. The van der Waals surface area contributed by atoms with Gasteiger partial charge in [-0.2, -0.15) is 0 Å². The second kappa shape index (κ2) is 10.4. The maximum Gasteiger partial charge on any atom is 0.333 e. The van der Waals surface area contributed by atoms with Gasteiger partial charge < -0.3 is 28.8 Å². The Labute approximate surface area is 210 Å². The lowest BCUT2D eigenvalue weighted by atomic mass is 10.00. The molecule has 0 spiro atoms. The minimum Gasteiger partial charge on any atom is -0.497 e. The summed E-state index contributed by atoms with van der Waals surface area (Å²) in [6.07, 6.45) is -4.62. The number of hydrogen-bond donors (Lipinski definition) is 1. The highest BCUT2D eigenvalue weighted by atomic mass is 16.8. The molecule has 2 fully saturated rings. The summed E-state index contributed by atoms with van der Waals surface area (Å²) < 4.78 is 29.9. The molecule has 14 nitrogen and oxygen atoms in total. The van der Waals surface area contributed by atoms with Crippen molar-refractivity contribution in [3.05, 3.63) is 73.4 Å². The number of methoxy groups -OCH3 is 2. The molecule has 4 rings (SSSR count). The molecule has 37 heavy (non-hydrogen) atoms. The van der Waals surface area contributed by atoms with Gasteiger partial charge in [0.1, 0.15) is 30.2 Å². The molecule has 0 radical (unpaired) electrons. The van der Waals surface area contributed by atoms with Gasteiger partial charge in [0, 0.05) is 17.2 Å². The average molecular weight is 517 g/mol. The highest BCUT2D eigenvalue weighted by Crippen LogP contribution is 2.44. The number of aliphatic hydroxyl groups excluding tert-OH is 1. The summed E-state index contributed by atoms with van der Waals surface area (Å²) in [6, 6.07) is 6.47. The van der Waals surface area contributed by atoms with E-state index in [2.05, 4.69) is 14.8 Å². The lowest BCUT2D eigenvalue weighted by molar-refractivity contribution is -0.209. The second-order valence-corrected chi connectivity index (χ2v) is 9.00. The number of benzene rings is 1. The van der Waals surface area contributed by atoms with Crippen molar-refractivity contribution in [1.82, 2.24) is 9.13 Å². The Morgan fingerprint density at radius 3 is 2.49 bits per heavy atom. The van der Waals surface area contributed by atoms with Crippen LogP contribution in [0.5, 0.6) is 5.75 Å². The molecule has 2 aromatic rings. The third-order valence-electron chi connectivity index (χ3n) is 6.21. The van der Waals surface area contributed by atoms with E-state index in [1.807, 2.05) is 0 Å². The molecular weight excluding hydrogens is 490 g/mol. The van der Waals surface area contributed by atoms with E-state index in [9.17, 15) is 19.5 Å². The zero-order valence-corrected chi connectivity index (χ0v) is 20.6. The van der Waals surface area contributed by atoms with E-state index in [0.717, 1.165) is 11.7 Å². The van der Waals surface area contributed by atoms with Crippen molar-refractivity contribution in [3.63, 3.8) is 0 Å². The van der Waals surface area contributed by atoms with Gasteiger partial charge in [-0.05, 0) is 37.1 Å². The summed E-state index contributed by atoms with van der Waals surface area (Å²) in [5.74, 6) is -1.46. The van der Waals surface area contributed by atoms with Gasteiger partial charge in [0.15, 0.2) is 18.1 Å². The summed E-state index contributed by atoms with van der Waals surface area (Å²) in [5, 5.41) is 14.3. The number of carbonyl (C=O) groups is 1. The van der Waals surface area contributed by atoms with Crippen LogP contribution in [0.25, 0.3) is 10.4 Å². The molecule has 2 aliphatic rings. The van der Waals surface area contributed by atoms with Gasteiger partial charge in [0.2, 0.25) is 0 Å². The standard InChI is InChI=1S/C23H27N5O9/c1-23(2)36-18-17(16(30)15(25-26-24)21(31)34-4)35-20(19(18)37-23)27-10-9-14(29)28(22(27)32)11-12-5-7-13(33-3)8-6-12/h5-10,15-20,30H,11H2,1-4H3/t15-,16-,17+,18-,19?,20+/m0/s1. The van der Waals surface area contributed by atoms with E-state index >= 15 is 0 Å². The van der Waals surface area contributed by atoms with Crippen LogP contribution in [-0.4, -0.2) is 70.7 Å². The molecule has 6 atom stereocenters. The predicted molar refractivity (Wildman–Crippen MR) is 126 cm³/mol. The monoisotopic (exact) mass is 517 g/mol. The van der Waals surface area contributed by atoms with Crippen LogP contribution in [0.3, 0.4) is 0 Å². The summed E-state index contributed by atoms with van der Waals surface area (Å²) >= 11 is 0. The lowest BCUT2D eigenvalue weighted by Crippen LogP contribution is -2.47. The number of azide groups is 1. The van der Waals surface area contributed by atoms with Crippen LogP contribution in [-0.2, 0) is 30.3 Å². The number of hydrogen-bond acceptors (Lipinski definition) is 10. The molecule has 2 aliphatic heterocycles. The summed E-state index contributed by atoms with van der Waals surface area (Å²) in [4.78, 5) is 40.8. The smallest absolute Gasteiger partial charge is 0.333 e. The van der Waals surface area contributed by atoms with Gasteiger partial charge in [-0.3, -0.25) is 18.7 Å². The van der Waals surface area contributed by atoms with Crippen LogP contribution >= 0.6 is 0 Å². The van der Waals surface area contributed by atoms with Gasteiger partial charge in [-0.1, -0.05) is 17.2 Å². The SMILES string of the molecule is COC(=O)[C@@H](N=[N+]=[N-])[C@H](O)[C@H]1O[C@@H](n2ccc(=O)n(Cc3ccc(OC)cc3)c2=O)C2OC(C)(C)O[C@H]21. The molecule has 1 aromatic carbocycles. The number of carbonyl (C=O) groups excluding carboxylic acids is 1. The van der Waals surface area contributed by atoms with Crippen molar-refractivity contribution in [2.24, 2.45) is 5.11 Å². The van der Waals surface area contributed by atoms with Crippen LogP contribution < -0.4 is 16.0 Å². The topological polar surface area (TPSA) is 176 Å². The van der Waals surface area contributed by atoms with Gasteiger partial charge in [0.25, 0.3) is 5.56 Å². The number of aliphatic hydroxyl groups is 1. The summed E-state index contributed by atoms with van der Waals surface area (Å²) in [7, 11) is 2.62. The first-order valence-corrected chi connectivity index (χ1v) is 11.4. The van der Waals surface area contributed by atoms with Crippen LogP contribution in [0, 0.1) is 0 Å². The molecule has 198 valence electrons. The van der Waals surface area contributed by atoms with Crippen molar-refractivity contribution in [2.75, 3.05) is 14.2 Å². The van der Waals surface area contributed by atoms with Crippen LogP contribution in [0.2, 0.25) is 0 Å². The van der Waals surface area contributed by atoms with Gasteiger partial charge in [-0.25, -0.2) is 4.79 Å². The Balaban J connectivity index is 1.70. The molecule has 2 saturated heterocycles. The van der Waals surface area contributed by atoms with E-state index in [1.165, 1.54) is 23.9 Å². The molecule has 0 bridgehead atoms. The van der Waals surface area contributed by atoms with Crippen LogP contribution in [0.4, 0.5) is 0 Å². The maximum atomic E-state index is 13.4. The van der Waals surface area contributed by atoms with E-state index in [0.29, 0.717) is 11.3 Å². The fourth-order valence-corrected chi connectivity index (χ4v) is 4.50. The maximum absolute atomic E-state index is 13.4. The predicted octanol–water partition coefficient (Wildman–Crippen LogP) is 0.697. The second-order valence-electron chi connectivity index (χ2n) is 9.00. The molecule has 3 heterocycles. The largest absolute Gasteiger partial charge is 0.497 e. The zero-order chi connectivity index (χ0) is 26.9. The Kier molecular flexibility index (Phi) is 7.39. The number of aromatic nitrogens is 2. The van der Waals surface area contributed by atoms with Crippen molar-refractivity contribution < 1.29 is 33.6 Å². The van der Waals surface area contributed by atoms with Crippen molar-refractivity contribution >= 4 is 5.97 Å². The molecule has 14 heteroatoms. The minimum absolute atomic E-state index is 0.0144. The van der Waals surface area contributed by atoms with E-state index in [1.54, 1.807) is 38.1 Å². The molecule has 0 saturated carbocycles. The van der Waals surface area contributed by atoms with E-state index < -0.39 is 59.7 Å². The first-order valence-electron chi connectivity index (χ1n) is 11.4. The fraction of sp³-hybridized carbons (Fsp3) is 0.522. The molecule has 0 aliphatic carbocycles. The number of fused-ring (bicyclic) bond motifs is 1. The first kappa shape index (κ1) is 26.4. The fourth-order valence-electron chi connectivity index (χ4n) is 4.50. The van der Waals surface area contributed by atoms with Gasteiger partial charge >= 0.3 is 11.7 Å². The van der Waals surface area contributed by atoms with Crippen molar-refractivity contribution in [3.8, 4) is 5.75 Å². The highest BCUT2D eigenvalue weighted by molar-refractivity contribution is 5.76. The zero-order valence-electron chi connectivity index (χ0n) is 20.6.